The number of nitrogens with one attached hydrogen (secondary N) is 1. The van der Waals surface area contributed by atoms with Crippen LogP contribution in [0.4, 0.5) is 0 Å². The number of rotatable bonds is 5. The highest BCUT2D eigenvalue weighted by atomic mass is 32.1. The van der Waals surface area contributed by atoms with E-state index in [0.29, 0.717) is 29.8 Å². The molecule has 32 heavy (non-hydrogen) atoms. The molecule has 0 amide bonds. The van der Waals surface area contributed by atoms with Crippen molar-refractivity contribution in [2.45, 2.75) is 39.7 Å². The molecule has 5 rings (SSSR count). The normalized spacial score (nSPS) is 15.5. The van der Waals surface area contributed by atoms with Crippen LogP contribution in [0, 0.1) is 12.8 Å². The predicted octanol–water partition coefficient (Wildman–Crippen LogP) is 5.67. The van der Waals surface area contributed by atoms with Gasteiger partial charge in [-0.25, -0.2) is 4.98 Å². The number of nitrogens with zero attached hydrogens (tertiary/aromatic N) is 1. The number of thiophene rings is 1. The molecule has 1 N–H and O–H groups in total. The lowest BCUT2D eigenvalue weighted by Gasteiger charge is -2.17. The largest absolute Gasteiger partial charge is 0.493 e. The molecule has 2 aromatic heterocycles. The highest BCUT2D eigenvalue weighted by Crippen LogP contribution is 2.37. The molecule has 1 aliphatic carbocycles. The van der Waals surface area contributed by atoms with Crippen LogP contribution in [0.2, 0.25) is 0 Å². The van der Waals surface area contributed by atoms with Gasteiger partial charge in [0.2, 0.25) is 0 Å². The number of aromatic amines is 1. The molecule has 2 aromatic carbocycles. The maximum atomic E-state index is 13.0. The van der Waals surface area contributed by atoms with Crippen LogP contribution in [0.1, 0.15) is 34.9 Å². The molecule has 0 bridgehead atoms. The van der Waals surface area contributed by atoms with Gasteiger partial charge in [0, 0.05) is 10.4 Å². The summed E-state index contributed by atoms with van der Waals surface area (Å²) in [6, 6.07) is 13.8. The summed E-state index contributed by atoms with van der Waals surface area (Å²) in [5.41, 5.74) is 4.25. The average molecular weight is 447 g/mol. The zero-order valence-corrected chi connectivity index (χ0v) is 19.3. The van der Waals surface area contributed by atoms with E-state index in [-0.39, 0.29) is 5.56 Å². The molecular weight excluding hydrogens is 420 g/mol. The smallest absolute Gasteiger partial charge is 0.260 e. The number of ether oxygens (including phenoxy) is 2. The predicted molar refractivity (Wildman–Crippen MR) is 129 cm³/mol. The molecule has 6 heteroatoms. The monoisotopic (exact) mass is 446 g/mol. The van der Waals surface area contributed by atoms with E-state index in [1.54, 1.807) is 18.4 Å². The molecule has 0 aliphatic heterocycles. The van der Waals surface area contributed by atoms with Crippen molar-refractivity contribution in [3.63, 3.8) is 0 Å². The Kier molecular flexibility index (Phi) is 5.47. The first-order valence-corrected chi connectivity index (χ1v) is 11.8. The molecule has 0 radical (unpaired) electrons. The number of fused-ring (bicyclic) bond motifs is 3. The van der Waals surface area contributed by atoms with Crippen LogP contribution in [0.3, 0.4) is 0 Å². The Labute approximate surface area is 191 Å². The molecule has 0 saturated heterocycles. The number of methoxy groups -OCH3 is 1. The third kappa shape index (κ3) is 3.79. The van der Waals surface area contributed by atoms with Crippen LogP contribution in [-0.4, -0.2) is 17.1 Å². The van der Waals surface area contributed by atoms with Gasteiger partial charge >= 0.3 is 0 Å². The molecule has 1 unspecified atom stereocenters. The summed E-state index contributed by atoms with van der Waals surface area (Å²) in [6.07, 6.45) is 3.12. The summed E-state index contributed by atoms with van der Waals surface area (Å²) in [7, 11) is 1.62. The van der Waals surface area contributed by atoms with Crippen molar-refractivity contribution in [1.29, 1.82) is 0 Å². The number of H-pyrrole nitrogens is 1. The van der Waals surface area contributed by atoms with E-state index < -0.39 is 0 Å². The van der Waals surface area contributed by atoms with Gasteiger partial charge in [-0.05, 0) is 67.0 Å². The number of benzene rings is 2. The minimum absolute atomic E-state index is 0.0594. The van der Waals surface area contributed by atoms with Crippen molar-refractivity contribution in [3.05, 3.63) is 74.4 Å². The molecule has 2 heterocycles. The van der Waals surface area contributed by atoms with Crippen molar-refractivity contribution in [1.82, 2.24) is 9.97 Å². The van der Waals surface area contributed by atoms with Gasteiger partial charge in [0.1, 0.15) is 17.3 Å². The molecular formula is C26H26N2O3S. The van der Waals surface area contributed by atoms with E-state index in [1.165, 1.54) is 16.0 Å². The van der Waals surface area contributed by atoms with Gasteiger partial charge < -0.3 is 14.5 Å². The van der Waals surface area contributed by atoms with Crippen LogP contribution >= 0.6 is 11.3 Å². The first-order chi connectivity index (χ1) is 15.5. The fraction of sp³-hybridized carbons (Fsp3) is 0.308. The Morgan fingerprint density at radius 3 is 2.84 bits per heavy atom. The number of hydrogen-bond donors (Lipinski definition) is 1. The number of aromatic nitrogens is 2. The van der Waals surface area contributed by atoms with Crippen LogP contribution in [-0.2, 0) is 19.4 Å². The summed E-state index contributed by atoms with van der Waals surface area (Å²) in [5.74, 6) is 2.48. The van der Waals surface area contributed by atoms with Gasteiger partial charge in [-0.15, -0.1) is 11.3 Å². The Morgan fingerprint density at radius 2 is 2.03 bits per heavy atom. The van der Waals surface area contributed by atoms with E-state index >= 15 is 0 Å². The van der Waals surface area contributed by atoms with Gasteiger partial charge in [-0.3, -0.25) is 4.79 Å². The van der Waals surface area contributed by atoms with Gasteiger partial charge in [0.05, 0.1) is 12.5 Å². The Bertz CT molecular complexity index is 1360. The third-order valence-corrected chi connectivity index (χ3v) is 7.40. The minimum Gasteiger partial charge on any atom is -0.493 e. The maximum absolute atomic E-state index is 13.0. The highest BCUT2D eigenvalue weighted by Gasteiger charge is 2.23. The second-order valence-corrected chi connectivity index (χ2v) is 9.61. The maximum Gasteiger partial charge on any atom is 0.260 e. The lowest BCUT2D eigenvalue weighted by Crippen LogP contribution is -2.13. The second kappa shape index (κ2) is 8.43. The summed E-state index contributed by atoms with van der Waals surface area (Å²) >= 11 is 1.66. The fourth-order valence-electron chi connectivity index (χ4n) is 4.35. The van der Waals surface area contributed by atoms with E-state index in [2.05, 4.69) is 31.0 Å². The number of aryl methyl sites for hydroxylation is 2. The first kappa shape index (κ1) is 20.8. The molecule has 5 nitrogen and oxygen atoms in total. The SMILES string of the molecule is COc1cc(-c2nc3sc4c(c3c(=O)[nH]2)CCC(C)C4)ccc1OCc1ccccc1C. The molecule has 0 fully saturated rings. The third-order valence-electron chi connectivity index (χ3n) is 6.25. The van der Waals surface area contributed by atoms with Crippen molar-refractivity contribution in [2.75, 3.05) is 7.11 Å². The lowest BCUT2D eigenvalue weighted by atomic mass is 9.89. The Balaban J connectivity index is 1.47. The Hall–Kier alpha value is -3.12. The van der Waals surface area contributed by atoms with E-state index in [0.717, 1.165) is 40.6 Å². The fourth-order valence-corrected chi connectivity index (χ4v) is 5.73. The van der Waals surface area contributed by atoms with Crippen LogP contribution in [0.25, 0.3) is 21.6 Å². The molecule has 0 saturated carbocycles. The lowest BCUT2D eigenvalue weighted by molar-refractivity contribution is 0.284. The summed E-state index contributed by atoms with van der Waals surface area (Å²) in [4.78, 5) is 22.9. The standard InChI is InChI=1S/C26H26N2O3S/c1-15-8-10-19-22(12-15)32-26-23(19)25(29)27-24(28-26)17-9-11-20(21(13-17)30-3)31-14-18-7-5-4-6-16(18)2/h4-7,9,11,13,15H,8,10,12,14H2,1-3H3,(H,27,28,29). The van der Waals surface area contributed by atoms with Crippen molar-refractivity contribution >= 4 is 21.6 Å². The molecule has 1 aliphatic rings. The highest BCUT2D eigenvalue weighted by molar-refractivity contribution is 7.18. The van der Waals surface area contributed by atoms with Crippen molar-refractivity contribution in [3.8, 4) is 22.9 Å². The van der Waals surface area contributed by atoms with E-state index in [9.17, 15) is 4.79 Å². The molecule has 1 atom stereocenters. The zero-order valence-electron chi connectivity index (χ0n) is 18.5. The molecule has 4 aromatic rings. The van der Waals surface area contributed by atoms with Gasteiger partial charge in [0.25, 0.3) is 5.56 Å². The first-order valence-electron chi connectivity index (χ1n) is 10.9. The van der Waals surface area contributed by atoms with Gasteiger partial charge in [-0.2, -0.15) is 0 Å². The van der Waals surface area contributed by atoms with Gasteiger partial charge in [-0.1, -0.05) is 31.2 Å². The molecule has 0 spiro atoms. The van der Waals surface area contributed by atoms with E-state index in [1.807, 2.05) is 30.3 Å². The van der Waals surface area contributed by atoms with Crippen LogP contribution in [0.5, 0.6) is 11.5 Å². The van der Waals surface area contributed by atoms with Crippen molar-refractivity contribution in [2.24, 2.45) is 5.92 Å². The summed E-state index contributed by atoms with van der Waals surface area (Å²) in [6.45, 7) is 4.80. The minimum atomic E-state index is -0.0594. The van der Waals surface area contributed by atoms with Crippen molar-refractivity contribution < 1.29 is 9.47 Å². The number of hydrogen-bond acceptors (Lipinski definition) is 5. The quantitative estimate of drug-likeness (QED) is 0.429. The van der Waals surface area contributed by atoms with E-state index in [4.69, 9.17) is 14.5 Å². The summed E-state index contributed by atoms with van der Waals surface area (Å²) < 4.78 is 11.6. The zero-order chi connectivity index (χ0) is 22.2. The molecule has 164 valence electrons. The summed E-state index contributed by atoms with van der Waals surface area (Å²) in [5, 5.41) is 0.769. The second-order valence-electron chi connectivity index (χ2n) is 8.53. The van der Waals surface area contributed by atoms with Crippen LogP contribution in [0.15, 0.2) is 47.3 Å². The topological polar surface area (TPSA) is 64.2 Å². The van der Waals surface area contributed by atoms with Gasteiger partial charge in [0.15, 0.2) is 11.5 Å². The van der Waals surface area contributed by atoms with Crippen LogP contribution < -0.4 is 15.0 Å². The Morgan fingerprint density at radius 1 is 1.19 bits per heavy atom. The average Bonchev–Trinajstić information content (AvgIpc) is 3.16.